The lowest BCUT2D eigenvalue weighted by Crippen LogP contribution is -2.42. The van der Waals surface area contributed by atoms with Crippen molar-refractivity contribution in [3.63, 3.8) is 0 Å². The van der Waals surface area contributed by atoms with Crippen molar-refractivity contribution in [3.05, 3.63) is 47.8 Å². The Bertz CT molecular complexity index is 790. The minimum absolute atomic E-state index is 0.120. The third kappa shape index (κ3) is 3.36. The molecule has 2 N–H and O–H groups in total. The van der Waals surface area contributed by atoms with Crippen LogP contribution in [-0.2, 0) is 4.79 Å². The number of aliphatic carboxylic acids is 1. The summed E-state index contributed by atoms with van der Waals surface area (Å²) in [5, 5.41) is 16.8. The van der Waals surface area contributed by atoms with E-state index in [1.54, 1.807) is 6.20 Å². The number of nitrogens with one attached hydrogen (secondary N) is 1. The highest BCUT2D eigenvalue weighted by atomic mass is 16.4. The number of carbonyl (C=O) groups excluding carboxylic acids is 1. The van der Waals surface area contributed by atoms with E-state index in [4.69, 9.17) is 0 Å². The molecule has 0 spiro atoms. The molecule has 0 atom stereocenters. The molecule has 0 aliphatic heterocycles. The van der Waals surface area contributed by atoms with Gasteiger partial charge in [-0.15, -0.1) is 0 Å². The minimum atomic E-state index is -0.926. The number of carboxylic acid groups (broad SMARTS) is 1. The fourth-order valence-corrected chi connectivity index (χ4v) is 3.28. The number of nitrogens with zero attached hydrogens (tertiary/aromatic N) is 2. The summed E-state index contributed by atoms with van der Waals surface area (Å²) in [6.45, 7) is 3.80. The molecule has 1 fully saturated rings. The van der Waals surface area contributed by atoms with Gasteiger partial charge in [0.25, 0.3) is 5.91 Å². The second-order valence-corrected chi connectivity index (χ2v) is 6.94. The molecule has 1 saturated carbocycles. The molecule has 1 heterocycles. The van der Waals surface area contributed by atoms with Gasteiger partial charge in [-0.3, -0.25) is 9.59 Å². The fraction of sp³-hybridized carbons (Fsp3) is 0.450. The fourth-order valence-electron chi connectivity index (χ4n) is 3.28. The van der Waals surface area contributed by atoms with Crippen LogP contribution in [0, 0.1) is 5.41 Å². The number of aromatic nitrogens is 2. The van der Waals surface area contributed by atoms with E-state index in [0.29, 0.717) is 24.3 Å². The quantitative estimate of drug-likeness (QED) is 0.760. The van der Waals surface area contributed by atoms with Gasteiger partial charge in [-0.05, 0) is 37.8 Å². The summed E-state index contributed by atoms with van der Waals surface area (Å²) in [5.41, 5.74) is 1.46. The summed E-state index contributed by atoms with van der Waals surface area (Å²) < 4.78 is 1.83. The lowest BCUT2D eigenvalue weighted by molar-refractivity contribution is -0.149. The maximum Gasteiger partial charge on any atom is 0.311 e. The summed E-state index contributed by atoms with van der Waals surface area (Å²) in [4.78, 5) is 24.4. The molecule has 2 aromatic rings. The predicted octanol–water partition coefficient (Wildman–Crippen LogP) is 3.37. The van der Waals surface area contributed by atoms with Crippen molar-refractivity contribution < 1.29 is 14.7 Å². The van der Waals surface area contributed by atoms with E-state index in [0.717, 1.165) is 24.2 Å². The molecule has 0 saturated heterocycles. The number of rotatable bonds is 8. The van der Waals surface area contributed by atoms with Crippen LogP contribution in [-0.4, -0.2) is 33.3 Å². The summed E-state index contributed by atoms with van der Waals surface area (Å²) >= 11 is 0. The zero-order valence-electron chi connectivity index (χ0n) is 15.2. The third-order valence-electron chi connectivity index (χ3n) is 5.41. The molecule has 1 aromatic carbocycles. The summed E-state index contributed by atoms with van der Waals surface area (Å²) in [7, 11) is 0. The second-order valence-electron chi connectivity index (χ2n) is 6.94. The van der Waals surface area contributed by atoms with Crippen LogP contribution in [0.4, 0.5) is 0 Å². The number of hydrogen-bond donors (Lipinski definition) is 2. The molecule has 26 heavy (non-hydrogen) atoms. The Labute approximate surface area is 153 Å². The largest absolute Gasteiger partial charge is 0.481 e. The van der Waals surface area contributed by atoms with Crippen LogP contribution in [0.25, 0.3) is 5.69 Å². The highest BCUT2D eigenvalue weighted by molar-refractivity contribution is 5.96. The van der Waals surface area contributed by atoms with Crippen molar-refractivity contribution in [3.8, 4) is 5.69 Å². The molecule has 1 aliphatic rings. The second kappa shape index (κ2) is 7.32. The molecule has 6 nitrogen and oxygen atoms in total. The van der Waals surface area contributed by atoms with Gasteiger partial charge in [0.1, 0.15) is 0 Å². The average molecular weight is 355 g/mol. The first-order chi connectivity index (χ1) is 12.5. The Hall–Kier alpha value is -2.63. The van der Waals surface area contributed by atoms with Crippen molar-refractivity contribution in [1.82, 2.24) is 15.1 Å². The number of carbonyl (C=O) groups is 2. The van der Waals surface area contributed by atoms with Gasteiger partial charge in [0.05, 0.1) is 28.6 Å². The van der Waals surface area contributed by atoms with Crippen LogP contribution in [0.1, 0.15) is 61.5 Å². The van der Waals surface area contributed by atoms with E-state index < -0.39 is 11.4 Å². The summed E-state index contributed by atoms with van der Waals surface area (Å²) in [6.07, 6.45) is 4.62. The van der Waals surface area contributed by atoms with E-state index in [1.165, 1.54) is 0 Å². The number of carboxylic acids is 1. The molecule has 1 amide bonds. The zero-order valence-corrected chi connectivity index (χ0v) is 15.2. The topological polar surface area (TPSA) is 84.2 Å². The first kappa shape index (κ1) is 18.2. The molecule has 138 valence electrons. The molecule has 1 aromatic heterocycles. The number of hydrogen-bond acceptors (Lipinski definition) is 3. The predicted molar refractivity (Wildman–Crippen MR) is 98.5 cm³/mol. The van der Waals surface area contributed by atoms with E-state index in [-0.39, 0.29) is 12.5 Å². The smallest absolute Gasteiger partial charge is 0.311 e. The Morgan fingerprint density at radius 2 is 1.88 bits per heavy atom. The van der Waals surface area contributed by atoms with Crippen LogP contribution in [0.15, 0.2) is 36.5 Å². The van der Waals surface area contributed by atoms with Crippen LogP contribution in [0.2, 0.25) is 0 Å². The molecular formula is C20H25N3O3. The number of benzene rings is 1. The SMILES string of the molecule is CCC(CC)(CNC(=O)c1cnn(-c2ccccc2)c1C1CC1)C(=O)O. The van der Waals surface area contributed by atoms with Gasteiger partial charge in [-0.1, -0.05) is 32.0 Å². The Morgan fingerprint density at radius 1 is 1.23 bits per heavy atom. The highest BCUT2D eigenvalue weighted by Gasteiger charge is 2.37. The molecule has 3 rings (SSSR count). The molecule has 0 bridgehead atoms. The number of amides is 1. The van der Waals surface area contributed by atoms with E-state index in [2.05, 4.69) is 10.4 Å². The first-order valence-electron chi connectivity index (χ1n) is 9.17. The molecule has 6 heteroatoms. The third-order valence-corrected chi connectivity index (χ3v) is 5.41. The van der Waals surface area contributed by atoms with Crippen LogP contribution >= 0.6 is 0 Å². The van der Waals surface area contributed by atoms with Gasteiger partial charge >= 0.3 is 5.97 Å². The van der Waals surface area contributed by atoms with Gasteiger partial charge in [-0.25, -0.2) is 4.68 Å². The standard InChI is InChI=1S/C20H25N3O3/c1-3-20(4-2,19(25)26)13-21-18(24)16-12-22-23(17(16)14-10-11-14)15-8-6-5-7-9-15/h5-9,12,14H,3-4,10-11,13H2,1-2H3,(H,21,24)(H,25,26). The normalized spacial score (nSPS) is 14.2. The Balaban J connectivity index is 1.84. The molecule has 1 aliphatic carbocycles. The van der Waals surface area contributed by atoms with E-state index in [1.807, 2.05) is 48.9 Å². The van der Waals surface area contributed by atoms with Gasteiger partial charge in [0.15, 0.2) is 0 Å². The molecule has 0 radical (unpaired) electrons. The maximum absolute atomic E-state index is 12.8. The first-order valence-corrected chi connectivity index (χ1v) is 9.17. The van der Waals surface area contributed by atoms with Crippen molar-refractivity contribution >= 4 is 11.9 Å². The summed E-state index contributed by atoms with van der Waals surface area (Å²) in [5.74, 6) is -0.785. The van der Waals surface area contributed by atoms with Crippen molar-refractivity contribution in [1.29, 1.82) is 0 Å². The number of para-hydroxylation sites is 1. The van der Waals surface area contributed by atoms with Gasteiger partial charge in [0, 0.05) is 12.5 Å². The Morgan fingerprint density at radius 3 is 2.42 bits per heavy atom. The molecule has 0 unspecified atom stereocenters. The lowest BCUT2D eigenvalue weighted by Gasteiger charge is -2.26. The highest BCUT2D eigenvalue weighted by Crippen LogP contribution is 2.42. The summed E-state index contributed by atoms with van der Waals surface area (Å²) in [6, 6.07) is 9.75. The van der Waals surface area contributed by atoms with Gasteiger partial charge in [-0.2, -0.15) is 5.10 Å². The average Bonchev–Trinajstić information content (AvgIpc) is 3.41. The zero-order chi connectivity index (χ0) is 18.7. The van der Waals surface area contributed by atoms with E-state index in [9.17, 15) is 14.7 Å². The van der Waals surface area contributed by atoms with Gasteiger partial charge in [0.2, 0.25) is 0 Å². The van der Waals surface area contributed by atoms with Crippen molar-refractivity contribution in [2.24, 2.45) is 5.41 Å². The van der Waals surface area contributed by atoms with E-state index >= 15 is 0 Å². The van der Waals surface area contributed by atoms with Crippen LogP contribution < -0.4 is 5.32 Å². The lowest BCUT2D eigenvalue weighted by atomic mass is 9.82. The Kier molecular flexibility index (Phi) is 5.11. The van der Waals surface area contributed by atoms with Gasteiger partial charge < -0.3 is 10.4 Å². The molecular weight excluding hydrogens is 330 g/mol. The monoisotopic (exact) mass is 355 g/mol. The van der Waals surface area contributed by atoms with Crippen LogP contribution in [0.5, 0.6) is 0 Å². The van der Waals surface area contributed by atoms with Crippen molar-refractivity contribution in [2.45, 2.75) is 45.4 Å². The van der Waals surface area contributed by atoms with Crippen molar-refractivity contribution in [2.75, 3.05) is 6.54 Å². The minimum Gasteiger partial charge on any atom is -0.481 e. The van der Waals surface area contributed by atoms with Crippen LogP contribution in [0.3, 0.4) is 0 Å². The maximum atomic E-state index is 12.8.